The van der Waals surface area contributed by atoms with Crippen LogP contribution in [0.5, 0.6) is 0 Å². The van der Waals surface area contributed by atoms with E-state index in [1.165, 1.54) is 0 Å². The molecule has 0 atom stereocenters. The van der Waals surface area contributed by atoms with Crippen molar-refractivity contribution in [1.82, 2.24) is 0 Å². The van der Waals surface area contributed by atoms with Gasteiger partial charge in [-0.15, -0.1) is 6.58 Å². The highest BCUT2D eigenvalue weighted by Gasteiger charge is 2.22. The molecule has 0 spiro atoms. The molecule has 0 aliphatic carbocycles. The van der Waals surface area contributed by atoms with Gasteiger partial charge in [0.2, 0.25) is 0 Å². The summed E-state index contributed by atoms with van der Waals surface area (Å²) in [6, 6.07) is 5.63. The van der Waals surface area contributed by atoms with Gasteiger partial charge < -0.3 is 4.90 Å². The SMILES string of the molecule is C=CCN(c1ccc(C=O)cc1Br)C(C)(C)C. The van der Waals surface area contributed by atoms with Crippen LogP contribution in [0.3, 0.4) is 0 Å². The molecular weight excluding hydrogens is 278 g/mol. The van der Waals surface area contributed by atoms with Gasteiger partial charge in [0.1, 0.15) is 6.29 Å². The topological polar surface area (TPSA) is 20.3 Å². The van der Waals surface area contributed by atoms with Gasteiger partial charge in [0.05, 0.1) is 5.69 Å². The van der Waals surface area contributed by atoms with E-state index in [-0.39, 0.29) is 5.54 Å². The van der Waals surface area contributed by atoms with Crippen molar-refractivity contribution in [3.05, 3.63) is 40.9 Å². The Kier molecular flexibility index (Phi) is 4.52. The van der Waals surface area contributed by atoms with E-state index in [1.54, 1.807) is 0 Å². The van der Waals surface area contributed by atoms with Crippen molar-refractivity contribution in [2.75, 3.05) is 11.4 Å². The van der Waals surface area contributed by atoms with Crippen LogP contribution in [-0.2, 0) is 0 Å². The number of carbonyl (C=O) groups is 1. The van der Waals surface area contributed by atoms with Crippen LogP contribution in [0.2, 0.25) is 0 Å². The van der Waals surface area contributed by atoms with Gasteiger partial charge in [0.15, 0.2) is 0 Å². The summed E-state index contributed by atoms with van der Waals surface area (Å²) in [5.41, 5.74) is 1.75. The first-order chi connectivity index (χ1) is 7.90. The molecule has 17 heavy (non-hydrogen) atoms. The lowest BCUT2D eigenvalue weighted by Gasteiger charge is -2.37. The lowest BCUT2D eigenvalue weighted by Crippen LogP contribution is -2.41. The molecule has 1 rings (SSSR count). The number of hydrogen-bond donors (Lipinski definition) is 0. The molecule has 0 fully saturated rings. The maximum atomic E-state index is 10.7. The number of benzene rings is 1. The average molecular weight is 296 g/mol. The minimum atomic E-state index is -0.000590. The molecule has 0 N–H and O–H groups in total. The number of aldehydes is 1. The average Bonchev–Trinajstić information content (AvgIpc) is 2.25. The summed E-state index contributed by atoms with van der Waals surface area (Å²) in [4.78, 5) is 12.9. The quantitative estimate of drug-likeness (QED) is 0.617. The van der Waals surface area contributed by atoms with E-state index in [9.17, 15) is 4.79 Å². The Bertz CT molecular complexity index is 421. The number of carbonyl (C=O) groups excluding carboxylic acids is 1. The molecule has 0 heterocycles. The Morgan fingerprint density at radius 3 is 2.47 bits per heavy atom. The zero-order valence-electron chi connectivity index (χ0n) is 10.5. The molecule has 1 aromatic carbocycles. The van der Waals surface area contributed by atoms with Crippen LogP contribution in [-0.4, -0.2) is 18.4 Å². The molecule has 0 amide bonds. The molecule has 0 unspecified atom stereocenters. The molecular formula is C14H18BrNO. The second-order valence-corrected chi connectivity index (χ2v) is 5.75. The van der Waals surface area contributed by atoms with E-state index < -0.39 is 0 Å². The van der Waals surface area contributed by atoms with Crippen LogP contribution >= 0.6 is 15.9 Å². The van der Waals surface area contributed by atoms with Crippen molar-refractivity contribution in [2.45, 2.75) is 26.3 Å². The maximum absolute atomic E-state index is 10.7. The third kappa shape index (κ3) is 3.43. The van der Waals surface area contributed by atoms with Gasteiger partial charge in [-0.05, 0) is 54.9 Å². The van der Waals surface area contributed by atoms with Crippen molar-refractivity contribution < 1.29 is 4.79 Å². The molecule has 0 radical (unpaired) electrons. The normalized spacial score (nSPS) is 11.1. The molecule has 0 aliphatic heterocycles. The van der Waals surface area contributed by atoms with Gasteiger partial charge in [-0.25, -0.2) is 0 Å². The first-order valence-corrected chi connectivity index (χ1v) is 6.32. The molecule has 92 valence electrons. The maximum Gasteiger partial charge on any atom is 0.150 e. The largest absolute Gasteiger partial charge is 0.362 e. The van der Waals surface area contributed by atoms with Crippen LogP contribution in [0.1, 0.15) is 31.1 Å². The number of rotatable bonds is 4. The van der Waals surface area contributed by atoms with Gasteiger partial charge in [0, 0.05) is 22.1 Å². The smallest absolute Gasteiger partial charge is 0.150 e. The Morgan fingerprint density at radius 2 is 2.06 bits per heavy atom. The summed E-state index contributed by atoms with van der Waals surface area (Å²) in [6.45, 7) is 11.0. The third-order valence-electron chi connectivity index (χ3n) is 2.52. The fourth-order valence-electron chi connectivity index (χ4n) is 1.68. The molecule has 0 bridgehead atoms. The standard InChI is InChI=1S/C14H18BrNO/c1-5-8-16(14(2,3)4)13-7-6-11(10-17)9-12(13)15/h5-7,9-10H,1,8H2,2-4H3. The van der Waals surface area contributed by atoms with Crippen LogP contribution in [0, 0.1) is 0 Å². The van der Waals surface area contributed by atoms with Crippen molar-refractivity contribution in [2.24, 2.45) is 0 Å². The van der Waals surface area contributed by atoms with Crippen LogP contribution in [0.4, 0.5) is 5.69 Å². The molecule has 2 nitrogen and oxygen atoms in total. The highest BCUT2D eigenvalue weighted by atomic mass is 79.9. The predicted octanol–water partition coefficient (Wildman–Crippen LogP) is 4.05. The van der Waals surface area contributed by atoms with E-state index in [1.807, 2.05) is 24.3 Å². The molecule has 0 saturated heterocycles. The van der Waals surface area contributed by atoms with Crippen molar-refractivity contribution >= 4 is 27.9 Å². The van der Waals surface area contributed by atoms with E-state index in [2.05, 4.69) is 48.2 Å². The Labute approximate surface area is 111 Å². The second-order valence-electron chi connectivity index (χ2n) is 4.90. The van der Waals surface area contributed by atoms with Gasteiger partial charge in [-0.2, -0.15) is 0 Å². The van der Waals surface area contributed by atoms with E-state index in [0.29, 0.717) is 5.56 Å². The zero-order chi connectivity index (χ0) is 13.1. The number of anilines is 1. The minimum Gasteiger partial charge on any atom is -0.362 e. The van der Waals surface area contributed by atoms with Crippen molar-refractivity contribution in [3.8, 4) is 0 Å². The molecule has 0 aliphatic rings. The summed E-state index contributed by atoms with van der Waals surface area (Å²) < 4.78 is 0.930. The Morgan fingerprint density at radius 1 is 1.41 bits per heavy atom. The van der Waals surface area contributed by atoms with Gasteiger partial charge in [0.25, 0.3) is 0 Å². The van der Waals surface area contributed by atoms with E-state index in [0.717, 1.165) is 23.0 Å². The highest BCUT2D eigenvalue weighted by Crippen LogP contribution is 2.31. The zero-order valence-corrected chi connectivity index (χ0v) is 12.1. The first-order valence-electron chi connectivity index (χ1n) is 5.53. The molecule has 3 heteroatoms. The summed E-state index contributed by atoms with van der Waals surface area (Å²) in [6.07, 6.45) is 2.73. The Hall–Kier alpha value is -1.09. The van der Waals surface area contributed by atoms with Gasteiger partial charge >= 0.3 is 0 Å². The fraction of sp³-hybridized carbons (Fsp3) is 0.357. The fourth-order valence-corrected chi connectivity index (χ4v) is 2.29. The lowest BCUT2D eigenvalue weighted by molar-refractivity contribution is 0.112. The number of hydrogen-bond acceptors (Lipinski definition) is 2. The molecule has 1 aromatic rings. The molecule has 0 aromatic heterocycles. The number of halogens is 1. The highest BCUT2D eigenvalue weighted by molar-refractivity contribution is 9.10. The number of nitrogens with zero attached hydrogens (tertiary/aromatic N) is 1. The lowest BCUT2D eigenvalue weighted by atomic mass is 10.0. The summed E-state index contributed by atoms with van der Waals surface area (Å²) in [7, 11) is 0. The third-order valence-corrected chi connectivity index (χ3v) is 3.16. The van der Waals surface area contributed by atoms with Gasteiger partial charge in [-0.1, -0.05) is 6.08 Å². The first kappa shape index (κ1) is 14.0. The molecule has 0 saturated carbocycles. The summed E-state index contributed by atoms with van der Waals surface area (Å²) >= 11 is 3.52. The monoisotopic (exact) mass is 295 g/mol. The summed E-state index contributed by atoms with van der Waals surface area (Å²) in [5, 5.41) is 0. The predicted molar refractivity (Wildman–Crippen MR) is 76.8 cm³/mol. The van der Waals surface area contributed by atoms with Crippen LogP contribution in [0.15, 0.2) is 35.3 Å². The van der Waals surface area contributed by atoms with E-state index >= 15 is 0 Å². The summed E-state index contributed by atoms with van der Waals surface area (Å²) in [5.74, 6) is 0. The van der Waals surface area contributed by atoms with Crippen molar-refractivity contribution in [3.63, 3.8) is 0 Å². The van der Waals surface area contributed by atoms with Crippen LogP contribution < -0.4 is 4.90 Å². The van der Waals surface area contributed by atoms with Crippen LogP contribution in [0.25, 0.3) is 0 Å². The second kappa shape index (κ2) is 5.50. The minimum absolute atomic E-state index is 0.000590. The van der Waals surface area contributed by atoms with Gasteiger partial charge in [-0.3, -0.25) is 4.79 Å². The van der Waals surface area contributed by atoms with E-state index in [4.69, 9.17) is 0 Å². The van der Waals surface area contributed by atoms with Crippen molar-refractivity contribution in [1.29, 1.82) is 0 Å². The Balaban J connectivity index is 3.19.